The number of nitro groups is 5. The number of carbonyl (C=O) groups excluding carboxylic acids is 1. The van der Waals surface area contributed by atoms with Gasteiger partial charge in [-0.15, -0.1) is 0 Å². The number of aromatic carboxylic acids is 3. The maximum Gasteiger partial charge on any atom is 0.345 e. The number of hydrogen-bond acceptors (Lipinski definition) is 30. The second-order valence-corrected chi connectivity index (χ2v) is 18.0. The van der Waals surface area contributed by atoms with E-state index in [-0.39, 0.29) is 32.9 Å². The molecule has 0 aliphatic carbocycles. The average Bonchev–Trinajstić information content (AvgIpc) is 2.22. The van der Waals surface area contributed by atoms with E-state index in [9.17, 15) is 69.7 Å². The van der Waals surface area contributed by atoms with Gasteiger partial charge in [-0.3, -0.25) is 50.6 Å². The molecule has 0 amide bonds. The molecule has 0 atom stereocenters. The van der Waals surface area contributed by atoms with Gasteiger partial charge in [0.2, 0.25) is 11.6 Å². The number of aromatic nitrogens is 5. The largest absolute Gasteiger partial charge is 0.477 e. The van der Waals surface area contributed by atoms with Crippen molar-refractivity contribution in [2.75, 3.05) is 138 Å². The minimum absolute atomic E-state index is 0.00519. The molecule has 0 spiro atoms. The highest BCUT2D eigenvalue weighted by Gasteiger charge is 2.30. The van der Waals surface area contributed by atoms with Gasteiger partial charge in [-0.1, -0.05) is 23.2 Å². The Bertz CT molecular complexity index is 3300. The molecule has 0 radical (unpaired) electrons. The number of nitrogens with zero attached hydrogens (tertiary/aromatic N) is 13. The minimum atomic E-state index is -1.41. The number of nitrogens with one attached hydrogen (secondary N) is 1. The highest BCUT2D eigenvalue weighted by Crippen LogP contribution is 2.31. The molecule has 4 aliphatic heterocycles. The monoisotopic (exact) mass is 1260 g/mol. The van der Waals surface area contributed by atoms with Crippen molar-refractivity contribution in [2.45, 2.75) is 6.92 Å². The van der Waals surface area contributed by atoms with Gasteiger partial charge >= 0.3 is 46.6 Å². The molecule has 0 saturated carbocycles. The summed E-state index contributed by atoms with van der Waals surface area (Å²) in [5, 5.41) is 82.9. The number of morpholine rings is 4. The van der Waals surface area contributed by atoms with Crippen LogP contribution in [0.1, 0.15) is 47.0 Å². The van der Waals surface area contributed by atoms with Crippen LogP contribution in [0.4, 0.5) is 57.5 Å². The molecule has 5 aromatic heterocycles. The number of esters is 1. The lowest BCUT2D eigenvalue weighted by atomic mass is 10.2. The zero-order valence-electron chi connectivity index (χ0n) is 45.8. The highest BCUT2D eigenvalue weighted by molar-refractivity contribution is 6.30. The smallest absolute Gasteiger partial charge is 0.345 e. The van der Waals surface area contributed by atoms with Crippen LogP contribution in [0.3, 0.4) is 0 Å². The fourth-order valence-corrected chi connectivity index (χ4v) is 7.86. The first-order valence-corrected chi connectivity index (χ1v) is 25.7. The number of carbonyl (C=O) groups is 4. The summed E-state index contributed by atoms with van der Waals surface area (Å²) in [5.41, 5.74) is 7.85. The average molecular weight is 1270 g/mol. The molecule has 5 aromatic rings. The van der Waals surface area contributed by atoms with Crippen molar-refractivity contribution in [1.29, 1.82) is 0 Å². The van der Waals surface area contributed by atoms with E-state index in [2.05, 4.69) is 35.0 Å². The molecule has 87 heavy (non-hydrogen) atoms. The molecule has 4 fully saturated rings. The number of nitrogen functional groups attached to an aromatic ring is 2. The molecule has 0 aromatic carbocycles. The van der Waals surface area contributed by atoms with Crippen LogP contribution in [0.5, 0.6) is 0 Å². The Morgan fingerprint density at radius 3 is 1.22 bits per heavy atom. The Balaban J connectivity index is 0.000000230. The van der Waals surface area contributed by atoms with Gasteiger partial charge in [0.25, 0.3) is 5.69 Å². The summed E-state index contributed by atoms with van der Waals surface area (Å²) in [6.07, 6.45) is 2.94. The van der Waals surface area contributed by atoms with Crippen LogP contribution in [0.2, 0.25) is 10.3 Å². The van der Waals surface area contributed by atoms with E-state index in [0.717, 1.165) is 58.1 Å². The Hall–Kier alpha value is -9.99. The highest BCUT2D eigenvalue weighted by atomic mass is 35.5. The topological polar surface area (TPSA) is 529 Å². The standard InChI is InChI=1S/C11H14N4O5.C10H12N4O5.C10H11N3O5.C6H3ClN2O4.C6H5ClN2O2.C4H9NO/c1-19-11(16)7-6-8(14-2-4-20-5-3-14)13-10(12)9(7)15(17)18;11-9-8(14(17)18)6(10(15)16)5-7(12-9)13-1-3-19-4-2-13;14-10(15)7-5-9(11-6-8(7)13(16)17)12-1-3-18-4-2-12;7-5-1-3(6(10)11)4(2-8-5)9(12)13;1-4-2-6(7)8-3-5(4)9(10)11;1-3-6-4-2-5-1/h6H,2-5H2,1H3,(H2,12,13);5H,1-4H2,(H2,11,12)(H,15,16);5-6H,1-4H2,(H,14,15);1-2H,(H,10,11);2-3H,1H3;5H,1-4H2. The summed E-state index contributed by atoms with van der Waals surface area (Å²) in [6, 6.07) is 6.11. The number of aryl methyl sites for hydroxylation is 1. The molecule has 8 N–H and O–H groups in total. The van der Waals surface area contributed by atoms with E-state index in [1.54, 1.807) is 11.8 Å². The van der Waals surface area contributed by atoms with Crippen LogP contribution in [-0.4, -0.2) is 201 Å². The summed E-state index contributed by atoms with van der Waals surface area (Å²) in [6.45, 7) is 11.9. The van der Waals surface area contributed by atoms with Crippen molar-refractivity contribution in [3.8, 4) is 0 Å². The van der Waals surface area contributed by atoms with Crippen molar-refractivity contribution in [2.24, 2.45) is 0 Å². The Morgan fingerprint density at radius 1 is 0.517 bits per heavy atom. The number of hydrogen-bond donors (Lipinski definition) is 6. The van der Waals surface area contributed by atoms with E-state index in [0.29, 0.717) is 102 Å². The van der Waals surface area contributed by atoms with Gasteiger partial charge in [-0.2, -0.15) is 0 Å². The fourth-order valence-electron chi connectivity index (χ4n) is 7.49. The van der Waals surface area contributed by atoms with Crippen molar-refractivity contribution in [1.82, 2.24) is 30.2 Å². The normalized spacial score (nSPS) is 14.3. The van der Waals surface area contributed by atoms with Gasteiger partial charge in [0.15, 0.2) is 0 Å². The summed E-state index contributed by atoms with van der Waals surface area (Å²) in [7, 11) is 1.15. The molecule has 9 heterocycles. The fraction of sp³-hybridized carbons (Fsp3) is 0.383. The molecular formula is C47H54Cl2N16O22. The van der Waals surface area contributed by atoms with Crippen LogP contribution >= 0.6 is 23.2 Å². The third-order valence-electron chi connectivity index (χ3n) is 11.7. The molecular weight excluding hydrogens is 1210 g/mol. The van der Waals surface area contributed by atoms with E-state index >= 15 is 0 Å². The minimum Gasteiger partial charge on any atom is -0.477 e. The zero-order chi connectivity index (χ0) is 64.5. The van der Waals surface area contributed by atoms with Gasteiger partial charge in [-0.05, 0) is 19.1 Å². The maximum absolute atomic E-state index is 11.7. The van der Waals surface area contributed by atoms with E-state index in [1.807, 2.05) is 9.80 Å². The third-order valence-corrected chi connectivity index (χ3v) is 12.1. The molecule has 468 valence electrons. The third kappa shape index (κ3) is 20.9. The van der Waals surface area contributed by atoms with Crippen LogP contribution in [-0.2, 0) is 23.7 Å². The summed E-state index contributed by atoms with van der Waals surface area (Å²) < 4.78 is 25.1. The number of halogens is 2. The number of carboxylic acid groups (broad SMARTS) is 3. The first kappa shape index (κ1) is 69.5. The molecule has 0 unspecified atom stereocenters. The molecule has 40 heteroatoms. The van der Waals surface area contributed by atoms with Gasteiger partial charge < -0.3 is 70.5 Å². The molecule has 4 saturated heterocycles. The van der Waals surface area contributed by atoms with Crippen molar-refractivity contribution in [3.05, 3.63) is 138 Å². The SMILES string of the molecule is C1COCCN1.COC(=O)c1cc(N2CCOCC2)nc(N)c1[N+](=O)[O-].Cc1cc(Cl)ncc1[N+](=O)[O-].Nc1nc(N2CCOCC2)cc(C(=O)O)c1[N+](=O)[O-].O=C(O)c1cc(Cl)ncc1[N+](=O)[O-].O=C(O)c1cc(N2CCOCC2)ncc1[N+](=O)[O-]. The number of methoxy groups -OCH3 is 1. The van der Waals surface area contributed by atoms with Gasteiger partial charge in [-0.25, -0.2) is 44.1 Å². The van der Waals surface area contributed by atoms with E-state index < -0.39 is 88.2 Å². The van der Waals surface area contributed by atoms with Gasteiger partial charge in [0.05, 0.1) is 84.6 Å². The lowest BCUT2D eigenvalue weighted by Gasteiger charge is -2.28. The Morgan fingerprint density at radius 2 is 0.862 bits per heavy atom. The number of carboxylic acids is 3. The molecule has 9 rings (SSSR count). The summed E-state index contributed by atoms with van der Waals surface area (Å²) >= 11 is 10.9. The zero-order valence-corrected chi connectivity index (χ0v) is 47.3. The Labute approximate surface area is 499 Å². The summed E-state index contributed by atoms with van der Waals surface area (Å²) in [4.78, 5) is 118. The lowest BCUT2D eigenvalue weighted by Crippen LogP contribution is -2.37. The summed E-state index contributed by atoms with van der Waals surface area (Å²) in [5.74, 6) is -4.54. The van der Waals surface area contributed by atoms with Gasteiger partial charge in [0.1, 0.15) is 68.6 Å². The van der Waals surface area contributed by atoms with E-state index in [1.165, 1.54) is 24.3 Å². The van der Waals surface area contributed by atoms with Crippen LogP contribution < -0.4 is 31.5 Å². The molecule has 4 aliphatic rings. The second kappa shape index (κ2) is 34.1. The first-order chi connectivity index (χ1) is 41.3. The number of rotatable bonds is 12. The lowest BCUT2D eigenvalue weighted by molar-refractivity contribution is -0.385. The molecule has 0 bridgehead atoms. The second-order valence-electron chi connectivity index (χ2n) is 17.3. The predicted octanol–water partition coefficient (Wildman–Crippen LogP) is 3.73. The number of ether oxygens (including phenoxy) is 5. The van der Waals surface area contributed by atoms with Crippen molar-refractivity contribution < 1.29 is 82.8 Å². The van der Waals surface area contributed by atoms with Crippen LogP contribution in [0.15, 0.2) is 48.9 Å². The first-order valence-electron chi connectivity index (χ1n) is 24.9. The van der Waals surface area contributed by atoms with Crippen LogP contribution in [0.25, 0.3) is 0 Å². The molecule has 38 nitrogen and oxygen atoms in total. The number of anilines is 5. The maximum atomic E-state index is 11.7. The quantitative estimate of drug-likeness (QED) is 0.0448. The van der Waals surface area contributed by atoms with Crippen molar-refractivity contribution in [3.63, 3.8) is 0 Å². The van der Waals surface area contributed by atoms with Gasteiger partial charge in [0, 0.05) is 76.1 Å². The Kier molecular flexibility index (Phi) is 27.2. The van der Waals surface area contributed by atoms with Crippen molar-refractivity contribution >= 4 is 105 Å². The van der Waals surface area contributed by atoms with Crippen LogP contribution in [0, 0.1) is 57.5 Å². The number of nitrogens with two attached hydrogens (primary N) is 2. The number of pyridine rings is 5. The predicted molar refractivity (Wildman–Crippen MR) is 303 cm³/mol. The van der Waals surface area contributed by atoms with E-state index in [4.69, 9.17) is 68.9 Å².